The summed E-state index contributed by atoms with van der Waals surface area (Å²) in [6, 6.07) is 4.74. The van der Waals surface area contributed by atoms with Crippen molar-refractivity contribution in [2.75, 3.05) is 0 Å². The van der Waals surface area contributed by atoms with Crippen molar-refractivity contribution in [1.82, 2.24) is 20.4 Å². The number of carbonyl (C=O) groups excluding carboxylic acids is 3. The van der Waals surface area contributed by atoms with E-state index in [1.54, 1.807) is 57.7 Å². The van der Waals surface area contributed by atoms with Crippen molar-refractivity contribution < 1.29 is 19.1 Å². The highest BCUT2D eigenvalue weighted by molar-refractivity contribution is 6.22. The van der Waals surface area contributed by atoms with Crippen LogP contribution >= 0.6 is 11.6 Å². The van der Waals surface area contributed by atoms with Crippen LogP contribution in [0.5, 0.6) is 11.5 Å². The van der Waals surface area contributed by atoms with Gasteiger partial charge in [-0.15, -0.1) is 11.6 Å². The number of likely N-dealkylation sites (tertiary alicyclic amines) is 1. The molecule has 0 spiro atoms. The average molecular weight is 582 g/mol. The number of halogens is 1. The number of nitrogens with zero attached hydrogens (tertiary/aromatic N) is 2. The Labute approximate surface area is 244 Å². The van der Waals surface area contributed by atoms with Gasteiger partial charge in [0.25, 0.3) is 5.91 Å². The Morgan fingerprint density at radius 1 is 1.20 bits per heavy atom. The number of carbonyl (C=O) groups is 3. The molecular weight excluding hydrogens is 546 g/mol. The van der Waals surface area contributed by atoms with Gasteiger partial charge in [0.05, 0.1) is 22.5 Å². The number of rotatable bonds is 8. The summed E-state index contributed by atoms with van der Waals surface area (Å²) in [6.07, 6.45) is 7.61. The molecule has 4 rings (SSSR count). The number of H-pyrrole nitrogens is 1. The normalized spacial score (nSPS) is 21.3. The molecule has 1 unspecified atom stereocenters. The molecule has 3 amide bonds. The number of allylic oxidation sites excluding steroid dienone is 3. The third-order valence-electron chi connectivity index (χ3n) is 7.87. The van der Waals surface area contributed by atoms with Crippen LogP contribution < -0.4 is 21.3 Å². The second kappa shape index (κ2) is 11.9. The summed E-state index contributed by atoms with van der Waals surface area (Å²) in [5, 5.41) is 8.84. The number of ether oxygens (including phenoxy) is 1. The molecule has 4 N–H and O–H groups in total. The Kier molecular flexibility index (Phi) is 8.72. The zero-order valence-corrected chi connectivity index (χ0v) is 24.6. The van der Waals surface area contributed by atoms with Crippen LogP contribution in [0.1, 0.15) is 61.6 Å². The number of hydrogen-bond acceptors (Lipinski definition) is 6. The van der Waals surface area contributed by atoms with Gasteiger partial charge < -0.3 is 20.7 Å². The number of nitrogens with two attached hydrogens (primary N) is 1. The first kappa shape index (κ1) is 30.0. The van der Waals surface area contributed by atoms with Crippen LogP contribution in [0.25, 0.3) is 0 Å². The van der Waals surface area contributed by atoms with Crippen molar-refractivity contribution in [1.29, 1.82) is 0 Å². The van der Waals surface area contributed by atoms with Gasteiger partial charge in [0.15, 0.2) is 5.75 Å². The standard InChI is InChI=1S/C30H36ClN5O5/c1-16-13-20(9-11-23(16)41-24-14-17(2)34-35-27(24)38)26(37)33-18(3)28(39)36-22(19-7-6-8-21(31)15-19)10-12-25(36)30(4,5)29(32)40/h6-9,11,13-14,18,21-22,25H,10,12,15H2,1-5H3,(H2,32,40)(H,33,37)(H,35,38)/t18-,21?,22+,25-/m1/s1. The molecule has 1 aliphatic carbocycles. The molecule has 11 heteroatoms. The first-order chi connectivity index (χ1) is 19.3. The van der Waals surface area contributed by atoms with Gasteiger partial charge in [-0.25, -0.2) is 5.10 Å². The van der Waals surface area contributed by atoms with Gasteiger partial charge in [0.2, 0.25) is 11.8 Å². The van der Waals surface area contributed by atoms with E-state index in [1.165, 1.54) is 6.07 Å². The molecule has 1 aliphatic heterocycles. The van der Waals surface area contributed by atoms with Crippen LogP contribution in [0.3, 0.4) is 0 Å². The predicted octanol–water partition coefficient (Wildman–Crippen LogP) is 3.66. The first-order valence-corrected chi connectivity index (χ1v) is 14.0. The highest BCUT2D eigenvalue weighted by Gasteiger charge is 2.49. The SMILES string of the molecule is Cc1cc(Oc2ccc(C(=O)N[C@H](C)C(=O)N3[C@H](C4=CC=CC(Cl)C4)CC[C@@H]3C(C)(C)C(N)=O)cc2C)c(=O)[nH]n1. The van der Waals surface area contributed by atoms with Gasteiger partial charge >= 0.3 is 5.56 Å². The van der Waals surface area contributed by atoms with Crippen molar-refractivity contribution >= 4 is 29.3 Å². The monoisotopic (exact) mass is 581 g/mol. The second-order valence-corrected chi connectivity index (χ2v) is 11.8. The Hall–Kier alpha value is -3.92. The van der Waals surface area contributed by atoms with Gasteiger partial charge in [-0.1, -0.05) is 18.2 Å². The van der Waals surface area contributed by atoms with Crippen molar-refractivity contribution in [3.8, 4) is 11.5 Å². The minimum Gasteiger partial charge on any atom is -0.451 e. The topological polar surface area (TPSA) is 147 Å². The molecule has 2 aliphatic rings. The number of alkyl halides is 1. The van der Waals surface area contributed by atoms with E-state index in [0.29, 0.717) is 41.8 Å². The summed E-state index contributed by atoms with van der Waals surface area (Å²) in [6.45, 7) is 8.61. The van der Waals surface area contributed by atoms with Crippen LogP contribution in [-0.4, -0.2) is 56.3 Å². The largest absolute Gasteiger partial charge is 0.451 e. The van der Waals surface area contributed by atoms with E-state index >= 15 is 0 Å². The number of aromatic amines is 1. The number of nitrogens with one attached hydrogen (secondary N) is 2. The first-order valence-electron chi connectivity index (χ1n) is 13.6. The summed E-state index contributed by atoms with van der Waals surface area (Å²) < 4.78 is 5.75. The maximum Gasteiger partial charge on any atom is 0.307 e. The molecule has 10 nitrogen and oxygen atoms in total. The summed E-state index contributed by atoms with van der Waals surface area (Å²) in [7, 11) is 0. The summed E-state index contributed by atoms with van der Waals surface area (Å²) >= 11 is 6.39. The molecule has 41 heavy (non-hydrogen) atoms. The fourth-order valence-electron chi connectivity index (χ4n) is 5.41. The minimum absolute atomic E-state index is 0.0923. The lowest BCUT2D eigenvalue weighted by Gasteiger charge is -2.40. The third kappa shape index (κ3) is 6.37. The van der Waals surface area contributed by atoms with Gasteiger partial charge in [-0.2, -0.15) is 5.10 Å². The number of aromatic nitrogens is 2. The van der Waals surface area contributed by atoms with Crippen LogP contribution in [-0.2, 0) is 9.59 Å². The molecule has 2 heterocycles. The molecule has 218 valence electrons. The van der Waals surface area contributed by atoms with Gasteiger partial charge in [0, 0.05) is 17.7 Å². The highest BCUT2D eigenvalue weighted by atomic mass is 35.5. The summed E-state index contributed by atoms with van der Waals surface area (Å²) in [5.74, 6) is -0.738. The maximum atomic E-state index is 13.9. The van der Waals surface area contributed by atoms with Gasteiger partial charge in [-0.05, 0) is 83.2 Å². The highest BCUT2D eigenvalue weighted by Crippen LogP contribution is 2.41. The fourth-order valence-corrected chi connectivity index (χ4v) is 5.67. The fraction of sp³-hybridized carbons (Fsp3) is 0.433. The van der Waals surface area contributed by atoms with Crippen LogP contribution in [0.4, 0.5) is 0 Å². The average Bonchev–Trinajstić information content (AvgIpc) is 3.37. The number of benzene rings is 1. The Balaban J connectivity index is 1.53. The van der Waals surface area contributed by atoms with E-state index in [9.17, 15) is 19.2 Å². The number of primary amides is 1. The number of aryl methyl sites for hydroxylation is 2. The Morgan fingerprint density at radius 3 is 2.59 bits per heavy atom. The van der Waals surface area contributed by atoms with Crippen molar-refractivity contribution in [2.24, 2.45) is 11.1 Å². The molecule has 1 aromatic carbocycles. The van der Waals surface area contributed by atoms with E-state index in [-0.39, 0.29) is 23.1 Å². The van der Waals surface area contributed by atoms with Crippen molar-refractivity contribution in [3.63, 3.8) is 0 Å². The molecular formula is C30H36ClN5O5. The van der Waals surface area contributed by atoms with Crippen molar-refractivity contribution in [2.45, 2.75) is 77.4 Å². The Morgan fingerprint density at radius 2 is 1.93 bits per heavy atom. The lowest BCUT2D eigenvalue weighted by molar-refractivity contribution is -0.140. The van der Waals surface area contributed by atoms with E-state index < -0.39 is 34.9 Å². The van der Waals surface area contributed by atoms with E-state index in [1.807, 2.05) is 18.2 Å². The van der Waals surface area contributed by atoms with E-state index in [2.05, 4.69) is 15.5 Å². The van der Waals surface area contributed by atoms with Crippen LogP contribution in [0.2, 0.25) is 0 Å². The van der Waals surface area contributed by atoms with Gasteiger partial charge in [-0.3, -0.25) is 19.2 Å². The quantitative estimate of drug-likeness (QED) is 0.405. The molecule has 1 saturated heterocycles. The van der Waals surface area contributed by atoms with E-state index in [4.69, 9.17) is 22.1 Å². The van der Waals surface area contributed by atoms with Crippen molar-refractivity contribution in [3.05, 3.63) is 75.2 Å². The lowest BCUT2D eigenvalue weighted by atomic mass is 9.82. The molecule has 2 aromatic rings. The lowest BCUT2D eigenvalue weighted by Crippen LogP contribution is -2.57. The summed E-state index contributed by atoms with van der Waals surface area (Å²) in [4.78, 5) is 53.3. The number of amides is 3. The smallest absolute Gasteiger partial charge is 0.307 e. The third-order valence-corrected chi connectivity index (χ3v) is 8.17. The predicted molar refractivity (Wildman–Crippen MR) is 156 cm³/mol. The van der Waals surface area contributed by atoms with Crippen LogP contribution in [0.15, 0.2) is 52.9 Å². The molecule has 4 atom stereocenters. The molecule has 1 fully saturated rings. The molecule has 1 aromatic heterocycles. The van der Waals surface area contributed by atoms with Crippen LogP contribution in [0, 0.1) is 19.3 Å². The minimum atomic E-state index is -0.971. The zero-order valence-electron chi connectivity index (χ0n) is 23.9. The molecule has 0 radical (unpaired) electrons. The summed E-state index contributed by atoms with van der Waals surface area (Å²) in [5.41, 5.74) is 6.87. The molecule has 0 saturated carbocycles. The van der Waals surface area contributed by atoms with E-state index in [0.717, 1.165) is 5.57 Å². The molecule has 0 bridgehead atoms. The number of hydrogen-bond donors (Lipinski definition) is 3. The zero-order chi connectivity index (χ0) is 30.1. The second-order valence-electron chi connectivity index (χ2n) is 11.3. The Bertz CT molecular complexity index is 1480. The van der Waals surface area contributed by atoms with Gasteiger partial charge in [0.1, 0.15) is 11.8 Å². The maximum absolute atomic E-state index is 13.9.